The summed E-state index contributed by atoms with van der Waals surface area (Å²) in [6.45, 7) is 1.24. The van der Waals surface area contributed by atoms with E-state index in [2.05, 4.69) is 0 Å². The number of hydrogen-bond acceptors (Lipinski definition) is 2. The number of hydrogen-bond donors (Lipinski definition) is 1. The fourth-order valence-electron chi connectivity index (χ4n) is 2.56. The third-order valence-corrected chi connectivity index (χ3v) is 3.72. The molecule has 1 heterocycles. The van der Waals surface area contributed by atoms with Crippen molar-refractivity contribution in [2.24, 2.45) is 7.05 Å². The van der Waals surface area contributed by atoms with E-state index in [0.717, 1.165) is 17.5 Å². The van der Waals surface area contributed by atoms with Crippen molar-refractivity contribution in [3.63, 3.8) is 0 Å². The number of para-hydroxylation sites is 2. The van der Waals surface area contributed by atoms with E-state index in [1.807, 2.05) is 40.4 Å². The molecule has 1 N–H and O–H groups in total. The Morgan fingerprint density at radius 1 is 1.04 bits per heavy atom. The second-order valence-corrected chi connectivity index (χ2v) is 5.18. The van der Waals surface area contributed by atoms with Gasteiger partial charge in [0.1, 0.15) is 11.6 Å². The highest BCUT2D eigenvalue weighted by Crippen LogP contribution is 2.13. The van der Waals surface area contributed by atoms with Crippen LogP contribution >= 0.6 is 12.4 Å². The minimum Gasteiger partial charge on any atom is -0.494 e. The van der Waals surface area contributed by atoms with E-state index in [1.54, 1.807) is 12.1 Å². The van der Waals surface area contributed by atoms with Crippen molar-refractivity contribution in [1.29, 1.82) is 5.41 Å². The first kappa shape index (κ1) is 17.1. The van der Waals surface area contributed by atoms with E-state index in [1.165, 1.54) is 12.1 Å². The monoisotopic (exact) mass is 335 g/mol. The zero-order valence-corrected chi connectivity index (χ0v) is 13.6. The van der Waals surface area contributed by atoms with E-state index in [0.29, 0.717) is 24.5 Å². The largest absolute Gasteiger partial charge is 0.494 e. The van der Waals surface area contributed by atoms with Crippen LogP contribution in [0.3, 0.4) is 0 Å². The molecular formula is C17H19ClFN3O. The number of nitrogens with zero attached hydrogens (tertiary/aromatic N) is 2. The lowest BCUT2D eigenvalue weighted by Gasteiger charge is -2.07. The van der Waals surface area contributed by atoms with Gasteiger partial charge in [0.05, 0.1) is 17.6 Å². The molecule has 3 aromatic rings. The molecule has 0 fully saturated rings. The van der Waals surface area contributed by atoms with Crippen LogP contribution in [0.5, 0.6) is 5.75 Å². The number of ether oxygens (including phenoxy) is 1. The molecule has 0 aliphatic carbocycles. The van der Waals surface area contributed by atoms with Gasteiger partial charge in [0.2, 0.25) is 5.62 Å². The Morgan fingerprint density at radius 3 is 2.39 bits per heavy atom. The summed E-state index contributed by atoms with van der Waals surface area (Å²) in [7, 11) is 1.90. The van der Waals surface area contributed by atoms with Gasteiger partial charge in [-0.25, -0.2) is 4.39 Å². The zero-order chi connectivity index (χ0) is 15.5. The molecule has 23 heavy (non-hydrogen) atoms. The van der Waals surface area contributed by atoms with Gasteiger partial charge >= 0.3 is 0 Å². The summed E-state index contributed by atoms with van der Waals surface area (Å²) in [5, 5.41) is 8.19. The van der Waals surface area contributed by atoms with E-state index in [-0.39, 0.29) is 18.2 Å². The zero-order valence-electron chi connectivity index (χ0n) is 12.8. The molecule has 0 aliphatic rings. The molecule has 0 spiro atoms. The van der Waals surface area contributed by atoms with Gasteiger partial charge in [0.15, 0.2) is 0 Å². The lowest BCUT2D eigenvalue weighted by molar-refractivity contribution is 0.301. The molecule has 0 radical (unpaired) electrons. The van der Waals surface area contributed by atoms with Crippen LogP contribution in [0.25, 0.3) is 11.0 Å². The van der Waals surface area contributed by atoms with Gasteiger partial charge < -0.3 is 13.9 Å². The van der Waals surface area contributed by atoms with E-state index >= 15 is 0 Å². The Balaban J connectivity index is 0.00000192. The van der Waals surface area contributed by atoms with E-state index < -0.39 is 0 Å². The van der Waals surface area contributed by atoms with Crippen molar-refractivity contribution in [1.82, 2.24) is 9.13 Å². The summed E-state index contributed by atoms with van der Waals surface area (Å²) in [5.41, 5.74) is 2.58. The Labute approximate surface area is 140 Å². The minimum absolute atomic E-state index is 0. The minimum atomic E-state index is -0.266. The highest BCUT2D eigenvalue weighted by Gasteiger charge is 2.07. The summed E-state index contributed by atoms with van der Waals surface area (Å²) in [6.07, 6.45) is 0.780. The molecule has 0 saturated heterocycles. The van der Waals surface area contributed by atoms with Crippen LogP contribution < -0.4 is 10.4 Å². The van der Waals surface area contributed by atoms with E-state index in [9.17, 15) is 4.39 Å². The maximum absolute atomic E-state index is 12.8. The van der Waals surface area contributed by atoms with Gasteiger partial charge in [-0.15, -0.1) is 12.4 Å². The summed E-state index contributed by atoms with van der Waals surface area (Å²) < 4.78 is 22.2. The third-order valence-electron chi connectivity index (χ3n) is 3.72. The van der Waals surface area contributed by atoms with Gasteiger partial charge in [0, 0.05) is 13.6 Å². The van der Waals surface area contributed by atoms with Gasteiger partial charge in [-0.05, 0) is 42.8 Å². The molecule has 0 unspecified atom stereocenters. The Hall–Kier alpha value is -2.27. The number of benzene rings is 2. The van der Waals surface area contributed by atoms with Gasteiger partial charge in [0.25, 0.3) is 0 Å². The fourth-order valence-corrected chi connectivity index (χ4v) is 2.56. The van der Waals surface area contributed by atoms with Crippen LogP contribution in [0.2, 0.25) is 0 Å². The molecule has 1 aromatic heterocycles. The molecule has 0 aliphatic heterocycles. The summed E-state index contributed by atoms with van der Waals surface area (Å²) in [6, 6.07) is 14.0. The lowest BCUT2D eigenvalue weighted by Crippen LogP contribution is -2.23. The molecule has 4 nitrogen and oxygen atoms in total. The number of halogens is 2. The molecule has 122 valence electrons. The van der Waals surface area contributed by atoms with Crippen LogP contribution in [-0.4, -0.2) is 15.7 Å². The highest BCUT2D eigenvalue weighted by molar-refractivity contribution is 5.85. The molecule has 0 saturated carbocycles. The Kier molecular flexibility index (Phi) is 5.45. The first-order chi connectivity index (χ1) is 10.7. The van der Waals surface area contributed by atoms with Crippen LogP contribution in [0, 0.1) is 11.2 Å². The number of imidazole rings is 1. The predicted octanol–water partition coefficient (Wildman–Crippen LogP) is 3.49. The van der Waals surface area contributed by atoms with Crippen molar-refractivity contribution in [2.75, 3.05) is 6.61 Å². The second kappa shape index (κ2) is 7.33. The van der Waals surface area contributed by atoms with Crippen molar-refractivity contribution in [3.8, 4) is 5.75 Å². The summed E-state index contributed by atoms with van der Waals surface area (Å²) in [5.74, 6) is 0.396. The SMILES string of the molecule is Cl.Cn1c(=N)n(CCCOc2ccc(F)cc2)c2ccccc21. The van der Waals surface area contributed by atoms with Crippen molar-refractivity contribution in [3.05, 3.63) is 60.0 Å². The maximum Gasteiger partial charge on any atom is 0.202 e. The number of nitrogens with one attached hydrogen (secondary N) is 1. The summed E-state index contributed by atoms with van der Waals surface area (Å²) in [4.78, 5) is 0. The van der Waals surface area contributed by atoms with Crippen LogP contribution in [0.1, 0.15) is 6.42 Å². The van der Waals surface area contributed by atoms with Gasteiger partial charge in [-0.1, -0.05) is 12.1 Å². The average Bonchev–Trinajstić information content (AvgIpc) is 2.78. The lowest BCUT2D eigenvalue weighted by atomic mass is 10.3. The van der Waals surface area contributed by atoms with Crippen LogP contribution in [0.15, 0.2) is 48.5 Å². The van der Waals surface area contributed by atoms with Crippen molar-refractivity contribution >= 4 is 23.4 Å². The third kappa shape index (κ3) is 3.56. The standard InChI is InChI=1S/C17H18FN3O.ClH/c1-20-15-5-2-3-6-16(15)21(17(20)19)11-4-12-22-14-9-7-13(18)8-10-14;/h2-3,5-10,19H,4,11-12H2,1H3;1H. The maximum atomic E-state index is 12.8. The van der Waals surface area contributed by atoms with Crippen molar-refractivity contribution < 1.29 is 9.13 Å². The molecule has 6 heteroatoms. The Bertz CT molecular complexity index is 839. The molecule has 3 rings (SSSR count). The smallest absolute Gasteiger partial charge is 0.202 e. The van der Waals surface area contributed by atoms with Gasteiger partial charge in [-0.2, -0.15) is 0 Å². The number of aromatic nitrogens is 2. The first-order valence-electron chi connectivity index (χ1n) is 7.24. The van der Waals surface area contributed by atoms with Gasteiger partial charge in [-0.3, -0.25) is 5.41 Å². The molecule has 2 aromatic carbocycles. The normalized spacial score (nSPS) is 10.5. The second-order valence-electron chi connectivity index (χ2n) is 5.18. The molecular weight excluding hydrogens is 317 g/mol. The number of fused-ring (bicyclic) bond motifs is 1. The van der Waals surface area contributed by atoms with Crippen molar-refractivity contribution in [2.45, 2.75) is 13.0 Å². The predicted molar refractivity (Wildman–Crippen MR) is 90.5 cm³/mol. The highest BCUT2D eigenvalue weighted by atomic mass is 35.5. The number of aryl methyl sites for hydroxylation is 2. The molecule has 0 atom stereocenters. The topological polar surface area (TPSA) is 42.9 Å². The molecule has 0 amide bonds. The average molecular weight is 336 g/mol. The Morgan fingerprint density at radius 2 is 1.70 bits per heavy atom. The van der Waals surface area contributed by atoms with E-state index in [4.69, 9.17) is 10.1 Å². The van der Waals surface area contributed by atoms with Crippen LogP contribution in [0.4, 0.5) is 4.39 Å². The fraction of sp³-hybridized carbons (Fsp3) is 0.235. The molecule has 0 bridgehead atoms. The first-order valence-corrected chi connectivity index (χ1v) is 7.24. The number of rotatable bonds is 5. The summed E-state index contributed by atoms with van der Waals surface area (Å²) >= 11 is 0. The quantitative estimate of drug-likeness (QED) is 0.713. The van der Waals surface area contributed by atoms with Crippen LogP contribution in [-0.2, 0) is 13.6 Å².